The van der Waals surface area contributed by atoms with Gasteiger partial charge in [0.1, 0.15) is 19.0 Å². The second-order valence-electron chi connectivity index (χ2n) is 10.2. The second-order valence-corrected chi connectivity index (χ2v) is 10.2. The van der Waals surface area contributed by atoms with Crippen molar-refractivity contribution in [2.75, 3.05) is 53.6 Å². The summed E-state index contributed by atoms with van der Waals surface area (Å²) in [4.78, 5) is 30.4. The summed E-state index contributed by atoms with van der Waals surface area (Å²) in [6, 6.07) is 9.68. The molecule has 0 saturated carbocycles. The Bertz CT molecular complexity index is 1240. The van der Waals surface area contributed by atoms with Crippen molar-refractivity contribution >= 4 is 17.4 Å². The maximum atomic E-state index is 13.4. The number of carbonyl (C=O) groups is 2. The molecule has 1 unspecified atom stereocenters. The first-order valence-corrected chi connectivity index (χ1v) is 14.1. The van der Waals surface area contributed by atoms with E-state index in [9.17, 15) is 14.7 Å². The molecule has 0 aliphatic carbocycles. The van der Waals surface area contributed by atoms with E-state index in [-0.39, 0.29) is 11.3 Å². The smallest absolute Gasteiger partial charge is 0.295 e. The van der Waals surface area contributed by atoms with Gasteiger partial charge in [0.2, 0.25) is 0 Å². The molecule has 1 fully saturated rings. The molecule has 1 saturated heterocycles. The fraction of sp³-hybridized carbons (Fsp3) is 0.484. The first-order valence-electron chi connectivity index (χ1n) is 14.1. The fourth-order valence-electron chi connectivity index (χ4n) is 4.98. The van der Waals surface area contributed by atoms with Gasteiger partial charge < -0.3 is 33.9 Å². The van der Waals surface area contributed by atoms with Crippen LogP contribution in [-0.2, 0) is 9.59 Å². The van der Waals surface area contributed by atoms with E-state index in [4.69, 9.17) is 18.9 Å². The van der Waals surface area contributed by atoms with Crippen LogP contribution in [-0.4, -0.2) is 80.2 Å². The van der Waals surface area contributed by atoms with Crippen LogP contribution >= 0.6 is 0 Å². The summed E-state index contributed by atoms with van der Waals surface area (Å²) in [5.41, 5.74) is 1.07. The molecular formula is C31H40N2O7. The highest BCUT2D eigenvalue weighted by Crippen LogP contribution is 2.43. The van der Waals surface area contributed by atoms with Gasteiger partial charge in [-0.25, -0.2) is 0 Å². The number of aliphatic hydroxyl groups excluding tert-OH is 1. The van der Waals surface area contributed by atoms with E-state index >= 15 is 0 Å². The largest absolute Gasteiger partial charge is 0.507 e. The van der Waals surface area contributed by atoms with E-state index in [0.717, 1.165) is 25.8 Å². The SMILES string of the molecule is CCCCCOc1ccc(C2/C(=C(/O)c3ccc4c(c3)OCCO4)C(=O)C(=O)N2CCCN(C)C)cc1OCC. The molecule has 2 aliphatic heterocycles. The third-order valence-corrected chi connectivity index (χ3v) is 6.95. The first-order chi connectivity index (χ1) is 19.3. The summed E-state index contributed by atoms with van der Waals surface area (Å²) in [7, 11) is 3.92. The van der Waals surface area contributed by atoms with Crippen molar-refractivity contribution in [2.24, 2.45) is 0 Å². The Balaban J connectivity index is 1.76. The molecule has 0 bridgehead atoms. The summed E-state index contributed by atoms with van der Waals surface area (Å²) in [6.07, 6.45) is 3.77. The van der Waals surface area contributed by atoms with Crippen LogP contribution in [0.15, 0.2) is 42.0 Å². The Morgan fingerprint density at radius 3 is 2.48 bits per heavy atom. The molecule has 0 aromatic heterocycles. The number of carbonyl (C=O) groups excluding carboxylic acids is 2. The summed E-state index contributed by atoms with van der Waals surface area (Å²) in [6.45, 7) is 6.95. The van der Waals surface area contributed by atoms with Crippen molar-refractivity contribution in [3.8, 4) is 23.0 Å². The summed E-state index contributed by atoms with van der Waals surface area (Å²) in [5, 5.41) is 11.5. The average Bonchev–Trinajstić information content (AvgIpc) is 3.20. The van der Waals surface area contributed by atoms with Crippen LogP contribution in [0.3, 0.4) is 0 Å². The van der Waals surface area contributed by atoms with Crippen LogP contribution < -0.4 is 18.9 Å². The minimum absolute atomic E-state index is 0.0330. The number of hydrogen-bond acceptors (Lipinski definition) is 8. The van der Waals surface area contributed by atoms with E-state index in [0.29, 0.717) is 73.5 Å². The van der Waals surface area contributed by atoms with Gasteiger partial charge >= 0.3 is 0 Å². The van der Waals surface area contributed by atoms with Crippen LogP contribution in [0, 0.1) is 0 Å². The molecule has 9 heteroatoms. The number of ketones is 1. The predicted molar refractivity (Wildman–Crippen MR) is 152 cm³/mol. The maximum absolute atomic E-state index is 13.4. The molecule has 0 radical (unpaired) electrons. The zero-order chi connectivity index (χ0) is 28.6. The molecule has 2 aliphatic rings. The van der Waals surface area contributed by atoms with Crippen molar-refractivity contribution < 1.29 is 33.6 Å². The number of amides is 1. The third-order valence-electron chi connectivity index (χ3n) is 6.95. The molecule has 0 spiro atoms. The number of nitrogens with zero attached hydrogens (tertiary/aromatic N) is 2. The minimum atomic E-state index is -0.788. The molecule has 2 aromatic carbocycles. The van der Waals surface area contributed by atoms with Gasteiger partial charge in [-0.15, -0.1) is 0 Å². The molecule has 1 N–H and O–H groups in total. The number of ether oxygens (including phenoxy) is 4. The number of likely N-dealkylation sites (tertiary alicyclic amines) is 1. The van der Waals surface area contributed by atoms with Crippen LogP contribution in [0.2, 0.25) is 0 Å². The number of rotatable bonds is 13. The van der Waals surface area contributed by atoms with Gasteiger partial charge in [-0.2, -0.15) is 0 Å². The Hall–Kier alpha value is -3.72. The lowest BCUT2D eigenvalue weighted by atomic mass is 9.94. The normalized spacial score (nSPS) is 17.9. The first kappa shape index (κ1) is 29.3. The van der Waals surface area contributed by atoms with E-state index in [1.807, 2.05) is 44.1 Å². The second kappa shape index (κ2) is 13.6. The van der Waals surface area contributed by atoms with Crippen molar-refractivity contribution in [3.63, 3.8) is 0 Å². The number of Topliss-reactive ketones (excluding diaryl/α,β-unsaturated/α-hetero) is 1. The quantitative estimate of drug-likeness (QED) is 0.164. The van der Waals surface area contributed by atoms with Gasteiger partial charge in [0.05, 0.1) is 24.8 Å². The van der Waals surface area contributed by atoms with Crippen molar-refractivity contribution in [1.82, 2.24) is 9.80 Å². The Kier molecular flexibility index (Phi) is 9.93. The van der Waals surface area contributed by atoms with Crippen LogP contribution in [0.5, 0.6) is 23.0 Å². The third kappa shape index (κ3) is 6.53. The molecule has 40 heavy (non-hydrogen) atoms. The van der Waals surface area contributed by atoms with E-state index in [1.165, 1.54) is 0 Å². The monoisotopic (exact) mass is 552 g/mol. The molecule has 2 aromatic rings. The number of aliphatic hydroxyl groups is 1. The summed E-state index contributed by atoms with van der Waals surface area (Å²) in [5.74, 6) is 0.580. The lowest BCUT2D eigenvalue weighted by Crippen LogP contribution is -2.32. The Morgan fingerprint density at radius 2 is 1.75 bits per heavy atom. The molecule has 2 heterocycles. The number of fused-ring (bicyclic) bond motifs is 1. The number of benzene rings is 2. The molecule has 9 nitrogen and oxygen atoms in total. The summed E-state index contributed by atoms with van der Waals surface area (Å²) < 4.78 is 23.2. The number of unbranched alkanes of at least 4 members (excludes halogenated alkanes) is 2. The molecule has 1 amide bonds. The maximum Gasteiger partial charge on any atom is 0.295 e. The van der Waals surface area contributed by atoms with Crippen LogP contribution in [0.4, 0.5) is 0 Å². The minimum Gasteiger partial charge on any atom is -0.507 e. The van der Waals surface area contributed by atoms with Gasteiger partial charge in [0.15, 0.2) is 23.0 Å². The van der Waals surface area contributed by atoms with Gasteiger partial charge in [-0.3, -0.25) is 9.59 Å². The summed E-state index contributed by atoms with van der Waals surface area (Å²) >= 11 is 0. The standard InChI is InChI=1S/C31H40N2O7/c1-5-7-8-16-38-23-12-10-21(19-25(23)37-6-2)28-27(30(35)31(36)33(28)15-9-14-32(3)4)29(34)22-11-13-24-26(20-22)40-18-17-39-24/h10-13,19-20,28,34H,5-9,14-18H2,1-4H3/b29-27-. The Labute approximate surface area is 236 Å². The van der Waals surface area contributed by atoms with Gasteiger partial charge in [0.25, 0.3) is 11.7 Å². The van der Waals surface area contributed by atoms with Crippen molar-refractivity contribution in [1.29, 1.82) is 0 Å². The van der Waals surface area contributed by atoms with E-state index in [2.05, 4.69) is 6.92 Å². The van der Waals surface area contributed by atoms with E-state index < -0.39 is 17.7 Å². The highest BCUT2D eigenvalue weighted by Gasteiger charge is 2.46. The lowest BCUT2D eigenvalue weighted by Gasteiger charge is -2.27. The zero-order valence-corrected chi connectivity index (χ0v) is 23.9. The lowest BCUT2D eigenvalue weighted by molar-refractivity contribution is -0.139. The fourth-order valence-corrected chi connectivity index (χ4v) is 4.98. The predicted octanol–water partition coefficient (Wildman–Crippen LogP) is 4.80. The van der Waals surface area contributed by atoms with Gasteiger partial charge in [0, 0.05) is 12.1 Å². The number of hydrogen-bond donors (Lipinski definition) is 1. The molecule has 216 valence electrons. The highest BCUT2D eigenvalue weighted by atomic mass is 16.6. The van der Waals surface area contributed by atoms with E-state index in [1.54, 1.807) is 23.1 Å². The highest BCUT2D eigenvalue weighted by molar-refractivity contribution is 6.46. The van der Waals surface area contributed by atoms with Crippen LogP contribution in [0.25, 0.3) is 5.76 Å². The van der Waals surface area contributed by atoms with Gasteiger partial charge in [-0.1, -0.05) is 25.8 Å². The van der Waals surface area contributed by atoms with Crippen molar-refractivity contribution in [2.45, 2.75) is 45.6 Å². The van der Waals surface area contributed by atoms with Gasteiger partial charge in [-0.05, 0) is 76.3 Å². The molecule has 4 rings (SSSR count). The zero-order valence-electron chi connectivity index (χ0n) is 23.9. The van der Waals surface area contributed by atoms with Crippen molar-refractivity contribution in [3.05, 3.63) is 53.1 Å². The molecular weight excluding hydrogens is 512 g/mol. The Morgan fingerprint density at radius 1 is 0.975 bits per heavy atom. The average molecular weight is 553 g/mol. The molecule has 1 atom stereocenters. The topological polar surface area (TPSA) is 97.8 Å². The van der Waals surface area contributed by atoms with Crippen LogP contribution in [0.1, 0.15) is 56.7 Å².